The first-order valence-corrected chi connectivity index (χ1v) is 11.7. The average molecular weight is 470 g/mol. The van der Waals surface area contributed by atoms with Gasteiger partial charge in [-0.15, -0.1) is 17.8 Å². The molecule has 0 spiro atoms. The summed E-state index contributed by atoms with van der Waals surface area (Å²) < 4.78 is 31.9. The number of aromatic nitrogens is 1. The van der Waals surface area contributed by atoms with Crippen LogP contribution in [-0.2, 0) is 26.2 Å². The fourth-order valence-corrected chi connectivity index (χ4v) is 4.55. The summed E-state index contributed by atoms with van der Waals surface area (Å²) in [5, 5.41) is 2.13. The fourth-order valence-electron chi connectivity index (χ4n) is 2.70. The Hall–Kier alpha value is -3.52. The van der Waals surface area contributed by atoms with Crippen molar-refractivity contribution >= 4 is 44.1 Å². The van der Waals surface area contributed by atoms with Gasteiger partial charge in [0.2, 0.25) is 15.9 Å². The number of hydrogen-bond acceptors (Lipinski definition) is 7. The van der Waals surface area contributed by atoms with E-state index < -0.39 is 16.0 Å². The Morgan fingerprint density at radius 1 is 1.19 bits per heavy atom. The summed E-state index contributed by atoms with van der Waals surface area (Å²) in [6.07, 6.45) is 5.08. The quantitative estimate of drug-likeness (QED) is 0.401. The first kappa shape index (κ1) is 23.1. The minimum absolute atomic E-state index is 0.0682. The van der Waals surface area contributed by atoms with Crippen LogP contribution < -0.4 is 9.62 Å². The van der Waals surface area contributed by atoms with Gasteiger partial charge >= 0.3 is 5.97 Å². The number of carbonyl (C=O) groups is 2. The number of anilines is 2. The normalized spacial score (nSPS) is 10.9. The van der Waals surface area contributed by atoms with Gasteiger partial charge in [-0.3, -0.25) is 9.69 Å². The molecular formula is C22H19N3O5S2. The van der Waals surface area contributed by atoms with E-state index in [0.29, 0.717) is 16.5 Å². The standard InChI is InChI=1S/C22H19N3O5S2/c1-3-12-23-32(28,29)20-11-7-8-17(13-20)21(27)30-14-18-15-31-22(24-18)25(16(2)26)19-9-5-4-6-10-19/h1,4-11,13,15,23H,12,14H2,2H3. The molecule has 0 saturated carbocycles. The van der Waals surface area contributed by atoms with Crippen molar-refractivity contribution in [1.82, 2.24) is 9.71 Å². The molecule has 0 fully saturated rings. The SMILES string of the molecule is C#CCNS(=O)(=O)c1cccc(C(=O)OCc2csc(N(C(C)=O)c3ccccc3)n2)c1. The van der Waals surface area contributed by atoms with Crippen LogP contribution in [0.2, 0.25) is 0 Å². The maximum Gasteiger partial charge on any atom is 0.338 e. The van der Waals surface area contributed by atoms with Crippen molar-refractivity contribution in [1.29, 1.82) is 0 Å². The monoisotopic (exact) mass is 469 g/mol. The van der Waals surface area contributed by atoms with Crippen LogP contribution in [0.5, 0.6) is 0 Å². The summed E-state index contributed by atoms with van der Waals surface area (Å²) in [4.78, 5) is 30.3. The molecule has 1 aromatic heterocycles. The van der Waals surface area contributed by atoms with Crippen LogP contribution in [0.1, 0.15) is 23.0 Å². The van der Waals surface area contributed by atoms with Gasteiger partial charge in [0.15, 0.2) is 5.13 Å². The highest BCUT2D eigenvalue weighted by molar-refractivity contribution is 7.89. The van der Waals surface area contributed by atoms with E-state index in [1.165, 1.54) is 47.4 Å². The minimum atomic E-state index is -3.83. The molecule has 0 unspecified atom stereocenters. The van der Waals surface area contributed by atoms with Crippen LogP contribution in [0, 0.1) is 12.3 Å². The molecule has 3 rings (SSSR count). The van der Waals surface area contributed by atoms with Crippen LogP contribution in [0.15, 0.2) is 64.9 Å². The third-order valence-corrected chi connectivity index (χ3v) is 6.43. The van der Waals surface area contributed by atoms with E-state index in [-0.39, 0.29) is 29.5 Å². The minimum Gasteiger partial charge on any atom is -0.456 e. The lowest BCUT2D eigenvalue weighted by atomic mass is 10.2. The highest BCUT2D eigenvalue weighted by Crippen LogP contribution is 2.29. The molecule has 10 heteroatoms. The third kappa shape index (κ3) is 5.59. The number of ether oxygens (including phenoxy) is 1. The first-order valence-electron chi connectivity index (χ1n) is 9.32. The molecule has 0 radical (unpaired) electrons. The molecule has 164 valence electrons. The maximum absolute atomic E-state index is 12.4. The zero-order valence-electron chi connectivity index (χ0n) is 17.0. The van der Waals surface area contributed by atoms with Crippen LogP contribution in [0.25, 0.3) is 0 Å². The van der Waals surface area contributed by atoms with E-state index in [9.17, 15) is 18.0 Å². The molecule has 32 heavy (non-hydrogen) atoms. The smallest absolute Gasteiger partial charge is 0.338 e. The summed E-state index contributed by atoms with van der Waals surface area (Å²) in [5.74, 6) is 1.27. The fraction of sp³-hybridized carbons (Fsp3) is 0.136. The van der Waals surface area contributed by atoms with Crippen molar-refractivity contribution in [3.8, 4) is 12.3 Å². The van der Waals surface area contributed by atoms with Gasteiger partial charge in [0.05, 0.1) is 28.4 Å². The molecule has 1 N–H and O–H groups in total. The number of sulfonamides is 1. The van der Waals surface area contributed by atoms with Gasteiger partial charge in [0.1, 0.15) is 6.61 Å². The zero-order valence-corrected chi connectivity index (χ0v) is 18.7. The van der Waals surface area contributed by atoms with Crippen LogP contribution in [-0.4, -0.2) is 31.8 Å². The van der Waals surface area contributed by atoms with Crippen molar-refractivity contribution in [2.24, 2.45) is 0 Å². The number of terminal acetylenes is 1. The Morgan fingerprint density at radius 2 is 1.94 bits per heavy atom. The summed E-state index contributed by atoms with van der Waals surface area (Å²) in [7, 11) is -3.83. The van der Waals surface area contributed by atoms with Gasteiger partial charge in [-0.1, -0.05) is 30.2 Å². The second kappa shape index (κ2) is 10.2. The number of nitrogens with zero attached hydrogens (tertiary/aromatic N) is 2. The lowest BCUT2D eigenvalue weighted by molar-refractivity contribution is -0.115. The molecular weight excluding hydrogens is 450 g/mol. The van der Waals surface area contributed by atoms with Gasteiger partial charge < -0.3 is 4.74 Å². The lowest BCUT2D eigenvalue weighted by Crippen LogP contribution is -2.24. The van der Waals surface area contributed by atoms with Crippen molar-refractivity contribution in [2.45, 2.75) is 18.4 Å². The number of benzene rings is 2. The number of nitrogens with one attached hydrogen (secondary N) is 1. The molecule has 2 aromatic carbocycles. The predicted molar refractivity (Wildman–Crippen MR) is 121 cm³/mol. The molecule has 0 aliphatic heterocycles. The summed E-state index contributed by atoms with van der Waals surface area (Å²) >= 11 is 1.24. The van der Waals surface area contributed by atoms with Crippen molar-refractivity contribution in [3.05, 3.63) is 71.2 Å². The van der Waals surface area contributed by atoms with Crippen molar-refractivity contribution in [3.63, 3.8) is 0 Å². The molecule has 8 nitrogen and oxygen atoms in total. The maximum atomic E-state index is 12.4. The van der Waals surface area contributed by atoms with E-state index >= 15 is 0 Å². The van der Waals surface area contributed by atoms with E-state index in [0.717, 1.165) is 0 Å². The highest BCUT2D eigenvalue weighted by atomic mass is 32.2. The summed E-state index contributed by atoms with van der Waals surface area (Å²) in [6.45, 7) is 1.14. The number of thiazole rings is 1. The molecule has 1 heterocycles. The number of rotatable bonds is 8. The van der Waals surface area contributed by atoms with Gasteiger partial charge in [-0.25, -0.2) is 18.2 Å². The number of amides is 1. The van der Waals surface area contributed by atoms with E-state index in [1.54, 1.807) is 17.5 Å². The van der Waals surface area contributed by atoms with E-state index in [1.807, 2.05) is 18.2 Å². The molecule has 0 aliphatic rings. The van der Waals surface area contributed by atoms with Gasteiger partial charge in [-0.2, -0.15) is 4.72 Å². The molecule has 3 aromatic rings. The lowest BCUT2D eigenvalue weighted by Gasteiger charge is -2.17. The third-order valence-electron chi connectivity index (χ3n) is 4.16. The number of para-hydroxylation sites is 1. The largest absolute Gasteiger partial charge is 0.456 e. The van der Waals surface area contributed by atoms with Crippen molar-refractivity contribution in [2.75, 3.05) is 11.4 Å². The van der Waals surface area contributed by atoms with Gasteiger partial charge in [0, 0.05) is 12.3 Å². The van der Waals surface area contributed by atoms with Crippen LogP contribution in [0.4, 0.5) is 10.8 Å². The molecule has 1 amide bonds. The number of hydrogen-bond donors (Lipinski definition) is 1. The summed E-state index contributed by atoms with van der Waals surface area (Å²) in [6, 6.07) is 14.5. The Kier molecular flexibility index (Phi) is 7.37. The number of carbonyl (C=O) groups excluding carboxylic acids is 2. The average Bonchev–Trinajstić information content (AvgIpc) is 3.25. The number of esters is 1. The van der Waals surface area contributed by atoms with E-state index in [2.05, 4.69) is 15.6 Å². The van der Waals surface area contributed by atoms with Crippen LogP contribution in [0.3, 0.4) is 0 Å². The molecule has 0 aliphatic carbocycles. The Balaban J connectivity index is 1.70. The van der Waals surface area contributed by atoms with Gasteiger partial charge in [0.25, 0.3) is 0 Å². The topological polar surface area (TPSA) is 106 Å². The Morgan fingerprint density at radius 3 is 2.62 bits per heavy atom. The molecule has 0 atom stereocenters. The zero-order chi connectivity index (χ0) is 23.1. The molecule has 0 bridgehead atoms. The second-order valence-corrected chi connectivity index (χ2v) is 9.05. The summed E-state index contributed by atoms with van der Waals surface area (Å²) in [5.41, 5.74) is 1.20. The predicted octanol–water partition coefficient (Wildman–Crippen LogP) is 3.10. The Bertz CT molecular complexity index is 1260. The van der Waals surface area contributed by atoms with Gasteiger partial charge in [-0.05, 0) is 30.3 Å². The van der Waals surface area contributed by atoms with Crippen LogP contribution >= 0.6 is 11.3 Å². The first-order chi connectivity index (χ1) is 15.3. The second-order valence-electron chi connectivity index (χ2n) is 6.44. The molecule has 0 saturated heterocycles. The van der Waals surface area contributed by atoms with Crippen molar-refractivity contribution < 1.29 is 22.7 Å². The Labute approximate surface area is 189 Å². The van der Waals surface area contributed by atoms with E-state index in [4.69, 9.17) is 11.2 Å². The highest BCUT2D eigenvalue weighted by Gasteiger charge is 2.19.